The van der Waals surface area contributed by atoms with Crippen LogP contribution in [0.15, 0.2) is 24.3 Å². The number of carbonyl (C=O) groups is 2. The highest BCUT2D eigenvalue weighted by Crippen LogP contribution is 2.22. The summed E-state index contributed by atoms with van der Waals surface area (Å²) < 4.78 is 13.0. The lowest BCUT2D eigenvalue weighted by molar-refractivity contribution is -1.01. The fourth-order valence-electron chi connectivity index (χ4n) is 3.16. The number of nitrogens with one attached hydrogen (secondary N) is 2. The van der Waals surface area contributed by atoms with E-state index in [2.05, 4.69) is 7.05 Å². The number of quaternary nitrogens is 2. The molecule has 3 rings (SSSR count). The normalized spacial score (nSPS) is 30.0. The Balaban J connectivity index is 1.77. The van der Waals surface area contributed by atoms with Crippen molar-refractivity contribution in [3.8, 4) is 0 Å². The molecular weight excluding hydrogens is 273 g/mol. The first-order valence-electron chi connectivity index (χ1n) is 7.34. The van der Waals surface area contributed by atoms with Crippen molar-refractivity contribution in [1.29, 1.82) is 0 Å². The summed E-state index contributed by atoms with van der Waals surface area (Å²) in [5, 5.41) is 0. The number of nitrogens with zero attached hydrogens (tertiary/aromatic N) is 1. The third-order valence-electron chi connectivity index (χ3n) is 4.47. The molecule has 2 N–H and O–H groups in total. The Hall–Kier alpha value is -1.79. The molecule has 0 aromatic heterocycles. The van der Waals surface area contributed by atoms with Gasteiger partial charge in [-0.15, -0.1) is 0 Å². The van der Waals surface area contributed by atoms with Gasteiger partial charge in [-0.3, -0.25) is 9.59 Å². The van der Waals surface area contributed by atoms with Crippen LogP contribution in [-0.2, 0) is 9.59 Å². The third-order valence-corrected chi connectivity index (χ3v) is 4.47. The van der Waals surface area contributed by atoms with Crippen LogP contribution < -0.4 is 14.7 Å². The fourth-order valence-corrected chi connectivity index (χ4v) is 3.16. The topological polar surface area (TPSA) is 46.3 Å². The Bertz CT molecular complexity index is 553. The highest BCUT2D eigenvalue weighted by atomic mass is 19.1. The van der Waals surface area contributed by atoms with Crippen LogP contribution in [-0.4, -0.2) is 51.1 Å². The lowest BCUT2D eigenvalue weighted by Crippen LogP contribution is -3.29. The van der Waals surface area contributed by atoms with E-state index in [-0.39, 0.29) is 30.1 Å². The second kappa shape index (κ2) is 5.54. The van der Waals surface area contributed by atoms with Gasteiger partial charge in [-0.05, 0) is 24.3 Å². The minimum absolute atomic E-state index is 0.152. The third kappa shape index (κ3) is 2.69. The van der Waals surface area contributed by atoms with Crippen molar-refractivity contribution in [1.82, 2.24) is 0 Å². The maximum absolute atomic E-state index is 13.0. The van der Waals surface area contributed by atoms with Crippen molar-refractivity contribution in [3.63, 3.8) is 0 Å². The Morgan fingerprint density at radius 1 is 1.10 bits per heavy atom. The van der Waals surface area contributed by atoms with Crippen LogP contribution in [0.25, 0.3) is 0 Å². The van der Waals surface area contributed by atoms with Crippen molar-refractivity contribution in [3.05, 3.63) is 30.1 Å². The molecule has 0 spiro atoms. The summed E-state index contributed by atoms with van der Waals surface area (Å²) in [6.07, 6.45) is 0.255. The van der Waals surface area contributed by atoms with E-state index >= 15 is 0 Å². The van der Waals surface area contributed by atoms with Gasteiger partial charge in [0, 0.05) is 0 Å². The first-order chi connectivity index (χ1) is 10.1. The van der Waals surface area contributed by atoms with Crippen molar-refractivity contribution >= 4 is 17.5 Å². The molecule has 21 heavy (non-hydrogen) atoms. The zero-order valence-corrected chi connectivity index (χ0v) is 12.1. The Morgan fingerprint density at radius 2 is 1.71 bits per heavy atom. The molecule has 0 aliphatic carbocycles. The minimum atomic E-state index is -0.373. The van der Waals surface area contributed by atoms with Crippen LogP contribution in [0.3, 0.4) is 0 Å². The quantitative estimate of drug-likeness (QED) is 0.612. The molecule has 1 aromatic rings. The number of benzene rings is 1. The number of likely N-dealkylation sites (N-methyl/N-ethyl adjacent to an activating group) is 1. The van der Waals surface area contributed by atoms with Crippen molar-refractivity contribution < 1.29 is 23.8 Å². The average Bonchev–Trinajstić information content (AvgIpc) is 2.76. The number of imide groups is 1. The summed E-state index contributed by atoms with van der Waals surface area (Å²) in [4.78, 5) is 28.6. The summed E-state index contributed by atoms with van der Waals surface area (Å²) in [5.41, 5.74) is 0.466. The maximum atomic E-state index is 13.0. The smallest absolute Gasteiger partial charge is 0.292 e. The van der Waals surface area contributed by atoms with E-state index in [1.165, 1.54) is 39.0 Å². The van der Waals surface area contributed by atoms with Gasteiger partial charge >= 0.3 is 0 Å². The van der Waals surface area contributed by atoms with E-state index in [0.29, 0.717) is 5.69 Å². The summed E-state index contributed by atoms with van der Waals surface area (Å²) in [6, 6.07) is 5.23. The molecule has 1 aromatic carbocycles. The van der Waals surface area contributed by atoms with Gasteiger partial charge in [-0.2, -0.15) is 0 Å². The minimum Gasteiger partial charge on any atom is -0.328 e. The molecule has 2 saturated heterocycles. The first-order valence-corrected chi connectivity index (χ1v) is 7.34. The van der Waals surface area contributed by atoms with Gasteiger partial charge in [-0.25, -0.2) is 9.29 Å². The molecule has 2 aliphatic heterocycles. The second-order valence-corrected chi connectivity index (χ2v) is 5.92. The van der Waals surface area contributed by atoms with Crippen LogP contribution in [0.2, 0.25) is 0 Å². The Kier molecular flexibility index (Phi) is 3.73. The number of anilines is 1. The van der Waals surface area contributed by atoms with Gasteiger partial charge in [0.15, 0.2) is 6.04 Å². The molecule has 5 nitrogen and oxygen atoms in total. The van der Waals surface area contributed by atoms with Crippen molar-refractivity contribution in [2.75, 3.05) is 38.1 Å². The number of hydrogen-bond acceptors (Lipinski definition) is 2. The zero-order valence-electron chi connectivity index (χ0n) is 12.1. The molecule has 6 heteroatoms. The molecule has 0 saturated carbocycles. The van der Waals surface area contributed by atoms with Gasteiger partial charge < -0.3 is 9.80 Å². The first kappa shape index (κ1) is 14.2. The highest BCUT2D eigenvalue weighted by molar-refractivity contribution is 6.21. The van der Waals surface area contributed by atoms with Crippen LogP contribution in [0.1, 0.15) is 6.42 Å². The van der Waals surface area contributed by atoms with Crippen molar-refractivity contribution in [2.45, 2.75) is 12.5 Å². The molecule has 2 amide bonds. The molecular formula is C15H20FN3O2+2. The number of halogens is 1. The Morgan fingerprint density at radius 3 is 2.33 bits per heavy atom. The SMILES string of the molecule is C[NH+]1CC[NH+]([C@H]2CC(=O)N(c3ccc(F)cc3)C2=O)CC1. The molecule has 2 heterocycles. The van der Waals surface area contributed by atoms with E-state index < -0.39 is 0 Å². The summed E-state index contributed by atoms with van der Waals surface area (Å²) >= 11 is 0. The lowest BCUT2D eigenvalue weighted by atomic mass is 10.2. The Labute approximate surface area is 122 Å². The lowest BCUT2D eigenvalue weighted by Gasteiger charge is -2.30. The molecule has 2 fully saturated rings. The predicted molar refractivity (Wildman–Crippen MR) is 74.6 cm³/mol. The number of hydrogen-bond donors (Lipinski definition) is 2. The fraction of sp³-hybridized carbons (Fsp3) is 0.467. The number of carbonyl (C=O) groups excluding carboxylic acids is 2. The van der Waals surface area contributed by atoms with Gasteiger partial charge in [0.1, 0.15) is 32.0 Å². The largest absolute Gasteiger partial charge is 0.328 e. The van der Waals surface area contributed by atoms with Gasteiger partial charge in [-0.1, -0.05) is 0 Å². The van der Waals surface area contributed by atoms with Crippen LogP contribution in [0.4, 0.5) is 10.1 Å². The van der Waals surface area contributed by atoms with Gasteiger partial charge in [0.05, 0.1) is 19.2 Å². The van der Waals surface area contributed by atoms with E-state index in [0.717, 1.165) is 26.2 Å². The number of piperazine rings is 1. The molecule has 0 unspecified atom stereocenters. The van der Waals surface area contributed by atoms with Crippen LogP contribution in [0.5, 0.6) is 0 Å². The maximum Gasteiger partial charge on any atom is 0.292 e. The number of rotatable bonds is 2. The van der Waals surface area contributed by atoms with Gasteiger partial charge in [0.25, 0.3) is 5.91 Å². The van der Waals surface area contributed by atoms with E-state index in [4.69, 9.17) is 0 Å². The molecule has 0 bridgehead atoms. The molecule has 2 aliphatic rings. The van der Waals surface area contributed by atoms with E-state index in [1.54, 1.807) is 0 Å². The van der Waals surface area contributed by atoms with E-state index in [9.17, 15) is 14.0 Å². The summed E-state index contributed by atoms with van der Waals surface area (Å²) in [5.74, 6) is -0.710. The van der Waals surface area contributed by atoms with Crippen LogP contribution >= 0.6 is 0 Å². The highest BCUT2D eigenvalue weighted by Gasteiger charge is 2.46. The number of amides is 2. The molecule has 112 valence electrons. The summed E-state index contributed by atoms with van der Waals surface area (Å²) in [6.45, 7) is 3.85. The predicted octanol–water partition coefficient (Wildman–Crippen LogP) is -2.13. The monoisotopic (exact) mass is 293 g/mol. The zero-order chi connectivity index (χ0) is 15.0. The standard InChI is InChI=1S/C15H18FN3O2/c1-17-6-8-18(9-7-17)13-10-14(20)19(15(13)21)12-4-2-11(16)3-5-12/h2-5,13H,6-10H2,1H3/p+2/t13-/m0/s1. The van der Waals surface area contributed by atoms with Crippen LogP contribution in [0, 0.1) is 5.82 Å². The van der Waals surface area contributed by atoms with E-state index in [1.807, 2.05) is 0 Å². The summed E-state index contributed by atoms with van der Waals surface area (Å²) in [7, 11) is 2.14. The molecule has 0 radical (unpaired) electrons. The molecule has 1 atom stereocenters. The second-order valence-electron chi connectivity index (χ2n) is 5.92. The average molecular weight is 293 g/mol. The van der Waals surface area contributed by atoms with Crippen molar-refractivity contribution in [2.24, 2.45) is 0 Å². The van der Waals surface area contributed by atoms with Gasteiger partial charge in [0.2, 0.25) is 5.91 Å².